The summed E-state index contributed by atoms with van der Waals surface area (Å²) >= 11 is 14.6. The van der Waals surface area contributed by atoms with Crippen molar-refractivity contribution in [1.82, 2.24) is 9.13 Å². The molecule has 6 heteroatoms. The van der Waals surface area contributed by atoms with Gasteiger partial charge in [-0.2, -0.15) is 0 Å². The zero-order chi connectivity index (χ0) is 17.9. The quantitative estimate of drug-likeness (QED) is 0.324. The highest BCUT2D eigenvalue weighted by atomic mass is 127. The van der Waals surface area contributed by atoms with Gasteiger partial charge in [-0.3, -0.25) is 9.36 Å². The summed E-state index contributed by atoms with van der Waals surface area (Å²) < 4.78 is 4.88. The SMILES string of the molecule is Cn1c(=O)c(-c2ccc(Cl)cc2Cl)cc2c3cc(I)ccc3n(C)c21. The highest BCUT2D eigenvalue weighted by molar-refractivity contribution is 14.1. The summed E-state index contributed by atoms with van der Waals surface area (Å²) in [5.41, 5.74) is 3.15. The van der Waals surface area contributed by atoms with Crippen LogP contribution in [0.1, 0.15) is 0 Å². The van der Waals surface area contributed by atoms with Gasteiger partial charge in [-0.25, -0.2) is 0 Å². The van der Waals surface area contributed by atoms with Crippen molar-refractivity contribution in [1.29, 1.82) is 0 Å². The number of pyridine rings is 1. The number of aryl methyl sites for hydroxylation is 2. The van der Waals surface area contributed by atoms with E-state index >= 15 is 0 Å². The minimum Gasteiger partial charge on any atom is -0.330 e. The van der Waals surface area contributed by atoms with Crippen molar-refractivity contribution in [2.24, 2.45) is 14.1 Å². The Labute approximate surface area is 167 Å². The van der Waals surface area contributed by atoms with Crippen molar-refractivity contribution < 1.29 is 0 Å². The summed E-state index contributed by atoms with van der Waals surface area (Å²) in [6.45, 7) is 0. The first-order chi connectivity index (χ1) is 11.9. The summed E-state index contributed by atoms with van der Waals surface area (Å²) in [6.07, 6.45) is 0. The molecule has 2 aromatic carbocycles. The fourth-order valence-electron chi connectivity index (χ4n) is 3.36. The number of fused-ring (bicyclic) bond motifs is 3. The van der Waals surface area contributed by atoms with Crippen molar-refractivity contribution >= 4 is 67.7 Å². The Hall–Kier alpha value is -1.50. The molecule has 0 spiro atoms. The number of hydrogen-bond donors (Lipinski definition) is 0. The van der Waals surface area contributed by atoms with E-state index in [2.05, 4.69) is 45.4 Å². The Morgan fingerprint density at radius 2 is 1.64 bits per heavy atom. The molecule has 0 unspecified atom stereocenters. The molecule has 2 aromatic heterocycles. The lowest BCUT2D eigenvalue weighted by molar-refractivity contribution is 0.846. The molecule has 0 saturated heterocycles. The topological polar surface area (TPSA) is 26.9 Å². The van der Waals surface area contributed by atoms with Gasteiger partial charge >= 0.3 is 0 Å². The van der Waals surface area contributed by atoms with E-state index in [0.717, 1.165) is 25.5 Å². The van der Waals surface area contributed by atoms with Gasteiger partial charge in [0.15, 0.2) is 0 Å². The fraction of sp³-hybridized carbons (Fsp3) is 0.105. The predicted octanol–water partition coefficient (Wildman–Crippen LogP) is 5.61. The average molecular weight is 483 g/mol. The molecule has 0 radical (unpaired) electrons. The van der Waals surface area contributed by atoms with E-state index in [1.807, 2.05) is 13.1 Å². The van der Waals surface area contributed by atoms with Gasteiger partial charge in [-0.1, -0.05) is 29.3 Å². The summed E-state index contributed by atoms with van der Waals surface area (Å²) in [5.74, 6) is 0. The zero-order valence-corrected chi connectivity index (χ0v) is 17.1. The molecule has 25 heavy (non-hydrogen) atoms. The Kier molecular flexibility index (Phi) is 4.09. The minimum atomic E-state index is -0.0858. The van der Waals surface area contributed by atoms with E-state index in [-0.39, 0.29) is 5.56 Å². The molecular weight excluding hydrogens is 470 g/mol. The molecule has 0 fully saturated rings. The fourth-order valence-corrected chi connectivity index (χ4v) is 4.36. The third kappa shape index (κ3) is 2.58. The van der Waals surface area contributed by atoms with Crippen molar-refractivity contribution in [2.75, 3.05) is 0 Å². The van der Waals surface area contributed by atoms with E-state index in [0.29, 0.717) is 21.2 Å². The Balaban J connectivity index is 2.18. The monoisotopic (exact) mass is 482 g/mol. The normalized spacial score (nSPS) is 11.6. The molecule has 0 amide bonds. The van der Waals surface area contributed by atoms with Crippen molar-refractivity contribution in [3.05, 3.63) is 66.4 Å². The van der Waals surface area contributed by atoms with Gasteiger partial charge in [0.25, 0.3) is 5.56 Å². The van der Waals surface area contributed by atoms with Crippen LogP contribution in [0.25, 0.3) is 33.1 Å². The van der Waals surface area contributed by atoms with Crippen LogP contribution in [0.15, 0.2) is 47.3 Å². The molecule has 0 saturated carbocycles. The molecule has 0 aliphatic rings. The van der Waals surface area contributed by atoms with Gasteiger partial charge in [-0.05, 0) is 59.0 Å². The summed E-state index contributed by atoms with van der Waals surface area (Å²) in [7, 11) is 3.77. The van der Waals surface area contributed by atoms with Gasteiger partial charge in [0, 0.05) is 44.6 Å². The lowest BCUT2D eigenvalue weighted by atomic mass is 10.0. The lowest BCUT2D eigenvalue weighted by Crippen LogP contribution is -2.20. The number of rotatable bonds is 1. The van der Waals surface area contributed by atoms with Crippen LogP contribution in [-0.2, 0) is 14.1 Å². The number of hydrogen-bond acceptors (Lipinski definition) is 1. The number of benzene rings is 2. The molecule has 0 bridgehead atoms. The smallest absolute Gasteiger partial charge is 0.259 e. The third-order valence-corrected chi connectivity index (χ3v) is 5.75. The number of halogens is 3. The Morgan fingerprint density at radius 1 is 0.880 bits per heavy atom. The highest BCUT2D eigenvalue weighted by Crippen LogP contribution is 2.33. The van der Waals surface area contributed by atoms with E-state index in [1.165, 1.54) is 0 Å². The maximum atomic E-state index is 13.0. The Bertz CT molecular complexity index is 1220. The first kappa shape index (κ1) is 16.9. The maximum Gasteiger partial charge on any atom is 0.259 e. The van der Waals surface area contributed by atoms with Gasteiger partial charge < -0.3 is 4.57 Å². The molecule has 126 valence electrons. The minimum absolute atomic E-state index is 0.0858. The standard InChI is InChI=1S/C19H13Cl2IN2O/c1-23-17-6-4-11(22)8-13(17)14-9-15(19(25)24(2)18(14)23)12-5-3-10(20)7-16(12)21/h3-9H,1-2H3. The summed E-state index contributed by atoms with van der Waals surface area (Å²) in [6, 6.07) is 13.4. The molecular formula is C19H13Cl2IN2O. The van der Waals surface area contributed by atoms with E-state index in [9.17, 15) is 4.79 Å². The van der Waals surface area contributed by atoms with Gasteiger partial charge in [0.2, 0.25) is 0 Å². The highest BCUT2D eigenvalue weighted by Gasteiger charge is 2.17. The largest absolute Gasteiger partial charge is 0.330 e. The van der Waals surface area contributed by atoms with Gasteiger partial charge in [0.1, 0.15) is 5.65 Å². The van der Waals surface area contributed by atoms with Crippen LogP contribution in [0.3, 0.4) is 0 Å². The summed E-state index contributed by atoms with van der Waals surface area (Å²) in [4.78, 5) is 13.0. The van der Waals surface area contributed by atoms with Crippen LogP contribution < -0.4 is 5.56 Å². The van der Waals surface area contributed by atoms with Crippen LogP contribution >= 0.6 is 45.8 Å². The molecule has 0 N–H and O–H groups in total. The van der Waals surface area contributed by atoms with Crippen molar-refractivity contribution in [3.8, 4) is 11.1 Å². The van der Waals surface area contributed by atoms with Crippen molar-refractivity contribution in [3.63, 3.8) is 0 Å². The van der Waals surface area contributed by atoms with E-state index in [4.69, 9.17) is 23.2 Å². The predicted molar refractivity (Wildman–Crippen MR) is 114 cm³/mol. The number of aromatic nitrogens is 2. The third-order valence-electron chi connectivity index (χ3n) is 4.53. The lowest BCUT2D eigenvalue weighted by Gasteiger charge is -2.09. The second-order valence-corrected chi connectivity index (χ2v) is 8.09. The average Bonchev–Trinajstić information content (AvgIpc) is 2.83. The Morgan fingerprint density at radius 3 is 2.36 bits per heavy atom. The number of nitrogens with zero attached hydrogens (tertiary/aromatic N) is 2. The van der Waals surface area contributed by atoms with Crippen LogP contribution in [0.4, 0.5) is 0 Å². The molecule has 0 aliphatic heterocycles. The van der Waals surface area contributed by atoms with E-state index < -0.39 is 0 Å². The van der Waals surface area contributed by atoms with Gasteiger partial charge in [0.05, 0.1) is 10.5 Å². The second kappa shape index (κ2) is 6.04. The van der Waals surface area contributed by atoms with Crippen LogP contribution in [0.2, 0.25) is 10.0 Å². The first-order valence-corrected chi connectivity index (χ1v) is 9.45. The molecule has 4 aromatic rings. The van der Waals surface area contributed by atoms with Crippen LogP contribution in [0.5, 0.6) is 0 Å². The second-order valence-electron chi connectivity index (χ2n) is 6.00. The zero-order valence-electron chi connectivity index (χ0n) is 13.5. The first-order valence-electron chi connectivity index (χ1n) is 7.61. The molecule has 0 atom stereocenters. The van der Waals surface area contributed by atoms with Gasteiger partial charge in [-0.15, -0.1) is 0 Å². The van der Waals surface area contributed by atoms with E-state index in [1.54, 1.807) is 29.8 Å². The van der Waals surface area contributed by atoms with Crippen LogP contribution in [0, 0.1) is 3.57 Å². The van der Waals surface area contributed by atoms with Crippen molar-refractivity contribution in [2.45, 2.75) is 0 Å². The molecule has 4 rings (SSSR count). The maximum absolute atomic E-state index is 13.0. The van der Waals surface area contributed by atoms with Crippen LogP contribution in [-0.4, -0.2) is 9.13 Å². The summed E-state index contributed by atoms with van der Waals surface area (Å²) in [5, 5.41) is 3.16. The molecule has 0 aliphatic carbocycles. The molecule has 2 heterocycles. The molecule has 3 nitrogen and oxygen atoms in total.